The van der Waals surface area contributed by atoms with Gasteiger partial charge in [-0.15, -0.1) is 0 Å². The predicted octanol–water partition coefficient (Wildman–Crippen LogP) is 1.39. The molecule has 3 aromatic heterocycles. The van der Waals surface area contributed by atoms with Crippen molar-refractivity contribution in [3.05, 3.63) is 45.1 Å². The van der Waals surface area contributed by atoms with Crippen LogP contribution in [0.3, 0.4) is 0 Å². The lowest BCUT2D eigenvalue weighted by Crippen LogP contribution is -2.32. The van der Waals surface area contributed by atoms with Crippen LogP contribution in [-0.4, -0.2) is 28.7 Å². The van der Waals surface area contributed by atoms with Crippen LogP contribution in [0, 0.1) is 0 Å². The first kappa shape index (κ1) is 15.4. The summed E-state index contributed by atoms with van der Waals surface area (Å²) in [4.78, 5) is 36.4. The Balaban J connectivity index is 2.11. The van der Waals surface area contributed by atoms with E-state index < -0.39 is 11.2 Å². The Morgan fingerprint density at radius 3 is 2.52 bits per heavy atom. The molecule has 25 heavy (non-hydrogen) atoms. The van der Waals surface area contributed by atoms with E-state index in [1.165, 1.54) is 7.05 Å². The predicted molar refractivity (Wildman–Crippen MR) is 95.6 cm³/mol. The molecule has 1 aromatic carbocycles. The molecule has 3 heterocycles. The van der Waals surface area contributed by atoms with Crippen molar-refractivity contribution < 1.29 is 0 Å². The van der Waals surface area contributed by atoms with Gasteiger partial charge in [-0.25, -0.2) is 14.8 Å². The number of para-hydroxylation sites is 2. The van der Waals surface area contributed by atoms with Gasteiger partial charge in [0.25, 0.3) is 5.56 Å². The number of hydrogen-bond acceptors (Lipinski definition) is 4. The number of nitrogens with one attached hydrogen (secondary N) is 1. The van der Waals surface area contributed by atoms with Gasteiger partial charge in [0.2, 0.25) is 0 Å². The molecule has 0 aliphatic heterocycles. The molecule has 0 fully saturated rings. The quantitative estimate of drug-likeness (QED) is 0.611. The third-order valence-corrected chi connectivity index (χ3v) is 4.44. The third kappa shape index (κ3) is 2.14. The van der Waals surface area contributed by atoms with Gasteiger partial charge in [-0.05, 0) is 18.6 Å². The van der Waals surface area contributed by atoms with Gasteiger partial charge in [0.1, 0.15) is 5.65 Å². The normalized spacial score (nSPS) is 11.6. The van der Waals surface area contributed by atoms with Crippen molar-refractivity contribution in [1.82, 2.24) is 28.7 Å². The van der Waals surface area contributed by atoms with Crippen molar-refractivity contribution in [2.45, 2.75) is 19.9 Å². The molecular weight excluding hydrogens is 320 g/mol. The summed E-state index contributed by atoms with van der Waals surface area (Å²) >= 11 is 0. The first-order valence-corrected chi connectivity index (χ1v) is 8.14. The lowest BCUT2D eigenvalue weighted by atomic mass is 10.3. The van der Waals surface area contributed by atoms with E-state index in [1.807, 2.05) is 47.4 Å². The fourth-order valence-electron chi connectivity index (χ4n) is 3.12. The number of aromatic nitrogens is 6. The second kappa shape index (κ2) is 5.44. The van der Waals surface area contributed by atoms with Gasteiger partial charge >= 0.3 is 5.69 Å². The van der Waals surface area contributed by atoms with E-state index in [-0.39, 0.29) is 5.52 Å². The zero-order valence-corrected chi connectivity index (χ0v) is 14.3. The molecule has 0 atom stereocenters. The molecule has 4 aromatic rings. The van der Waals surface area contributed by atoms with Crippen molar-refractivity contribution >= 4 is 22.2 Å². The van der Waals surface area contributed by atoms with Crippen molar-refractivity contribution in [3.63, 3.8) is 0 Å². The van der Waals surface area contributed by atoms with E-state index in [0.717, 1.165) is 22.0 Å². The molecule has 0 aliphatic carbocycles. The summed E-state index contributed by atoms with van der Waals surface area (Å²) in [5, 5.41) is 0. The van der Waals surface area contributed by atoms with Crippen molar-refractivity contribution in [2.75, 3.05) is 0 Å². The van der Waals surface area contributed by atoms with Crippen LogP contribution >= 0.6 is 0 Å². The number of hydrogen-bond donors (Lipinski definition) is 1. The molecule has 0 bridgehead atoms. The highest BCUT2D eigenvalue weighted by molar-refractivity contribution is 5.81. The minimum absolute atomic E-state index is 0.248. The Morgan fingerprint density at radius 2 is 1.80 bits per heavy atom. The summed E-state index contributed by atoms with van der Waals surface area (Å²) < 4.78 is 4.84. The third-order valence-electron chi connectivity index (χ3n) is 4.44. The molecular formula is C17H18N6O2. The molecule has 1 N–H and O–H groups in total. The molecule has 4 rings (SSSR count). The smallest absolute Gasteiger partial charge is 0.324 e. The summed E-state index contributed by atoms with van der Waals surface area (Å²) in [6.45, 7) is 2.65. The molecule has 0 spiro atoms. The van der Waals surface area contributed by atoms with Crippen molar-refractivity contribution in [2.24, 2.45) is 14.1 Å². The van der Waals surface area contributed by atoms with Gasteiger partial charge < -0.3 is 9.13 Å². The fraction of sp³-hybridized carbons (Fsp3) is 0.294. The highest BCUT2D eigenvalue weighted by Crippen LogP contribution is 2.25. The number of fused-ring (bicyclic) bond motifs is 2. The number of aryl methyl sites for hydroxylation is 2. The number of imidazole rings is 2. The topological polar surface area (TPSA) is 90.5 Å². The Bertz CT molecular complexity index is 1220. The summed E-state index contributed by atoms with van der Waals surface area (Å²) in [6.07, 6.45) is 0.833. The number of benzene rings is 1. The van der Waals surface area contributed by atoms with E-state index in [0.29, 0.717) is 23.8 Å². The first-order valence-electron chi connectivity index (χ1n) is 8.14. The SMILES string of the molecule is CCCn1c(-c2nc3ccccc3n2C)nc2c(=O)n(C)c(=O)[nH]c21. The average Bonchev–Trinajstić information content (AvgIpc) is 3.12. The Morgan fingerprint density at radius 1 is 1.04 bits per heavy atom. The van der Waals surface area contributed by atoms with Gasteiger partial charge in [-0.3, -0.25) is 14.3 Å². The molecule has 0 saturated heterocycles. The highest BCUT2D eigenvalue weighted by atomic mass is 16.2. The first-order chi connectivity index (χ1) is 12.0. The van der Waals surface area contributed by atoms with Gasteiger partial charge in [0, 0.05) is 20.6 Å². The van der Waals surface area contributed by atoms with E-state index >= 15 is 0 Å². The van der Waals surface area contributed by atoms with Crippen LogP contribution < -0.4 is 11.2 Å². The van der Waals surface area contributed by atoms with Gasteiger partial charge in [-0.1, -0.05) is 19.1 Å². The molecule has 0 aliphatic rings. The zero-order chi connectivity index (χ0) is 17.7. The maximum absolute atomic E-state index is 12.4. The molecule has 0 amide bonds. The largest absolute Gasteiger partial charge is 0.329 e. The molecule has 0 unspecified atom stereocenters. The monoisotopic (exact) mass is 338 g/mol. The molecule has 0 saturated carbocycles. The van der Waals surface area contributed by atoms with Crippen LogP contribution in [0.15, 0.2) is 33.9 Å². The van der Waals surface area contributed by atoms with Gasteiger partial charge in [-0.2, -0.15) is 0 Å². The van der Waals surface area contributed by atoms with E-state index in [9.17, 15) is 9.59 Å². The second-order valence-corrected chi connectivity index (χ2v) is 6.06. The standard InChI is InChI=1S/C17H18N6O2/c1-4-9-23-13-12(16(24)22(3)17(25)20-13)19-15(23)14-18-10-7-5-6-8-11(10)21(14)2/h5-8H,4,9H2,1-3H3,(H,20,25). The summed E-state index contributed by atoms with van der Waals surface area (Å²) in [7, 11) is 3.36. The number of nitrogens with zero attached hydrogens (tertiary/aromatic N) is 5. The molecule has 8 heteroatoms. The Labute approximate surface area is 142 Å². The van der Waals surface area contributed by atoms with E-state index in [1.54, 1.807) is 0 Å². The van der Waals surface area contributed by atoms with Crippen LogP contribution in [0.4, 0.5) is 0 Å². The Kier molecular flexibility index (Phi) is 3.34. The van der Waals surface area contributed by atoms with Crippen LogP contribution in [0.2, 0.25) is 0 Å². The number of aromatic amines is 1. The van der Waals surface area contributed by atoms with Crippen LogP contribution in [0.25, 0.3) is 33.8 Å². The highest BCUT2D eigenvalue weighted by Gasteiger charge is 2.21. The molecule has 128 valence electrons. The minimum atomic E-state index is -0.452. The van der Waals surface area contributed by atoms with E-state index in [2.05, 4.69) is 15.0 Å². The molecule has 8 nitrogen and oxygen atoms in total. The zero-order valence-electron chi connectivity index (χ0n) is 14.3. The van der Waals surface area contributed by atoms with Crippen LogP contribution in [-0.2, 0) is 20.6 Å². The second-order valence-electron chi connectivity index (χ2n) is 6.06. The minimum Gasteiger partial charge on any atom is -0.324 e. The van der Waals surface area contributed by atoms with Gasteiger partial charge in [0.05, 0.1) is 11.0 Å². The van der Waals surface area contributed by atoms with E-state index in [4.69, 9.17) is 0 Å². The van der Waals surface area contributed by atoms with Crippen LogP contribution in [0.1, 0.15) is 13.3 Å². The average molecular weight is 338 g/mol. The summed E-state index contributed by atoms with van der Waals surface area (Å²) in [5.41, 5.74) is 1.67. The van der Waals surface area contributed by atoms with Crippen molar-refractivity contribution in [3.8, 4) is 11.6 Å². The lowest BCUT2D eigenvalue weighted by molar-refractivity contribution is 0.687. The maximum Gasteiger partial charge on any atom is 0.329 e. The lowest BCUT2D eigenvalue weighted by Gasteiger charge is -2.07. The van der Waals surface area contributed by atoms with Gasteiger partial charge in [0.15, 0.2) is 17.2 Å². The number of H-pyrrole nitrogens is 1. The Hall–Kier alpha value is -3.16. The van der Waals surface area contributed by atoms with Crippen LogP contribution in [0.5, 0.6) is 0 Å². The fourth-order valence-corrected chi connectivity index (χ4v) is 3.12. The summed E-state index contributed by atoms with van der Waals surface area (Å²) in [5.74, 6) is 1.24. The molecule has 0 radical (unpaired) electrons. The summed E-state index contributed by atoms with van der Waals surface area (Å²) in [6, 6.07) is 7.81. The number of rotatable bonds is 3. The maximum atomic E-state index is 12.4. The van der Waals surface area contributed by atoms with Crippen molar-refractivity contribution in [1.29, 1.82) is 0 Å².